The first-order chi connectivity index (χ1) is 10.1. The van der Waals surface area contributed by atoms with E-state index in [0.29, 0.717) is 25.3 Å². The van der Waals surface area contributed by atoms with Crippen molar-refractivity contribution in [3.8, 4) is 0 Å². The molecule has 1 aromatic carbocycles. The smallest absolute Gasteiger partial charge is 0.328 e. The standard InChI is InChI=1S/C15H18N2O4/c18-14(9-13-10-21-8-7-16-13)17-12-4-1-11(2-5-12)3-6-15(19)20/h1-6,13,16H,7-10H2,(H,17,18)(H,19,20)/b6-3+. The molecule has 6 nitrogen and oxygen atoms in total. The van der Waals surface area contributed by atoms with E-state index in [9.17, 15) is 9.59 Å². The Morgan fingerprint density at radius 3 is 2.76 bits per heavy atom. The molecule has 1 aliphatic rings. The predicted octanol–water partition coefficient (Wildman–Crippen LogP) is 1.10. The van der Waals surface area contributed by atoms with Gasteiger partial charge in [0.25, 0.3) is 0 Å². The van der Waals surface area contributed by atoms with E-state index in [4.69, 9.17) is 9.84 Å². The summed E-state index contributed by atoms with van der Waals surface area (Å²) >= 11 is 0. The van der Waals surface area contributed by atoms with Gasteiger partial charge in [0.2, 0.25) is 5.91 Å². The highest BCUT2D eigenvalue weighted by atomic mass is 16.5. The number of amides is 1. The van der Waals surface area contributed by atoms with Crippen molar-refractivity contribution in [2.45, 2.75) is 12.5 Å². The van der Waals surface area contributed by atoms with Crippen molar-refractivity contribution < 1.29 is 19.4 Å². The maximum absolute atomic E-state index is 11.9. The van der Waals surface area contributed by atoms with Gasteiger partial charge in [0.1, 0.15) is 0 Å². The maximum Gasteiger partial charge on any atom is 0.328 e. The minimum absolute atomic E-state index is 0.0523. The molecule has 1 unspecified atom stereocenters. The number of aliphatic carboxylic acids is 1. The second kappa shape index (κ2) is 7.56. The van der Waals surface area contributed by atoms with Gasteiger partial charge in [0, 0.05) is 30.8 Å². The number of carboxylic acid groups (broad SMARTS) is 1. The van der Waals surface area contributed by atoms with E-state index in [2.05, 4.69) is 10.6 Å². The number of morpholine rings is 1. The van der Waals surface area contributed by atoms with Crippen LogP contribution in [0, 0.1) is 0 Å². The van der Waals surface area contributed by atoms with Crippen LogP contribution >= 0.6 is 0 Å². The second-order valence-corrected chi connectivity index (χ2v) is 4.77. The van der Waals surface area contributed by atoms with Crippen molar-refractivity contribution in [1.29, 1.82) is 0 Å². The van der Waals surface area contributed by atoms with Gasteiger partial charge in [-0.25, -0.2) is 4.79 Å². The lowest BCUT2D eigenvalue weighted by Gasteiger charge is -2.23. The summed E-state index contributed by atoms with van der Waals surface area (Å²) in [4.78, 5) is 22.3. The van der Waals surface area contributed by atoms with Crippen LogP contribution in [0.25, 0.3) is 6.08 Å². The Morgan fingerprint density at radius 1 is 1.38 bits per heavy atom. The minimum Gasteiger partial charge on any atom is -0.478 e. The zero-order chi connectivity index (χ0) is 15.1. The molecule has 1 fully saturated rings. The molecule has 1 aliphatic heterocycles. The Balaban J connectivity index is 1.84. The van der Waals surface area contributed by atoms with Gasteiger partial charge in [0.15, 0.2) is 0 Å². The molecule has 3 N–H and O–H groups in total. The Morgan fingerprint density at radius 2 is 2.14 bits per heavy atom. The Kier molecular flexibility index (Phi) is 5.48. The van der Waals surface area contributed by atoms with Crippen LogP contribution in [0.1, 0.15) is 12.0 Å². The quantitative estimate of drug-likeness (QED) is 0.707. The van der Waals surface area contributed by atoms with E-state index in [-0.39, 0.29) is 11.9 Å². The topological polar surface area (TPSA) is 87.7 Å². The normalized spacial score (nSPS) is 18.6. The van der Waals surface area contributed by atoms with Crippen molar-refractivity contribution in [2.24, 2.45) is 0 Å². The summed E-state index contributed by atoms with van der Waals surface area (Å²) in [5.41, 5.74) is 1.45. The van der Waals surface area contributed by atoms with Crippen molar-refractivity contribution in [2.75, 3.05) is 25.1 Å². The Hall–Kier alpha value is -2.18. The van der Waals surface area contributed by atoms with Crippen LogP contribution in [-0.4, -0.2) is 42.8 Å². The number of hydrogen-bond donors (Lipinski definition) is 3. The third kappa shape index (κ3) is 5.37. The first kappa shape index (κ1) is 15.2. The number of carbonyl (C=O) groups is 2. The predicted molar refractivity (Wildman–Crippen MR) is 79.0 cm³/mol. The molecule has 1 saturated heterocycles. The Labute approximate surface area is 122 Å². The molecule has 0 radical (unpaired) electrons. The number of hydrogen-bond acceptors (Lipinski definition) is 4. The molecule has 1 atom stereocenters. The summed E-state index contributed by atoms with van der Waals surface area (Å²) in [5.74, 6) is -1.07. The lowest BCUT2D eigenvalue weighted by molar-refractivity contribution is -0.131. The van der Waals surface area contributed by atoms with E-state index < -0.39 is 5.97 Å². The van der Waals surface area contributed by atoms with E-state index >= 15 is 0 Å². The van der Waals surface area contributed by atoms with E-state index in [1.54, 1.807) is 24.3 Å². The summed E-state index contributed by atoms with van der Waals surface area (Å²) in [5, 5.41) is 14.6. The summed E-state index contributed by atoms with van der Waals surface area (Å²) in [7, 11) is 0. The van der Waals surface area contributed by atoms with Crippen LogP contribution < -0.4 is 10.6 Å². The average molecular weight is 290 g/mol. The fourth-order valence-corrected chi connectivity index (χ4v) is 2.03. The molecule has 0 aromatic heterocycles. The maximum atomic E-state index is 11.9. The summed E-state index contributed by atoms with van der Waals surface area (Å²) in [6.07, 6.45) is 2.93. The third-order valence-electron chi connectivity index (χ3n) is 3.04. The zero-order valence-corrected chi connectivity index (χ0v) is 11.5. The van der Waals surface area contributed by atoms with Crippen LogP contribution in [-0.2, 0) is 14.3 Å². The minimum atomic E-state index is -0.991. The molecule has 1 aromatic rings. The molecule has 6 heteroatoms. The molecular weight excluding hydrogens is 272 g/mol. The highest BCUT2D eigenvalue weighted by Gasteiger charge is 2.16. The molecule has 1 heterocycles. The van der Waals surface area contributed by atoms with E-state index in [1.165, 1.54) is 6.08 Å². The highest BCUT2D eigenvalue weighted by molar-refractivity contribution is 5.91. The number of anilines is 1. The van der Waals surface area contributed by atoms with Gasteiger partial charge in [-0.3, -0.25) is 4.79 Å². The number of benzene rings is 1. The second-order valence-electron chi connectivity index (χ2n) is 4.77. The molecule has 0 aliphatic carbocycles. The molecule has 0 spiro atoms. The van der Waals surface area contributed by atoms with Gasteiger partial charge in [-0.2, -0.15) is 0 Å². The summed E-state index contributed by atoms with van der Waals surface area (Å²) in [6.45, 7) is 2.00. The largest absolute Gasteiger partial charge is 0.478 e. The average Bonchev–Trinajstić information content (AvgIpc) is 2.47. The summed E-state index contributed by atoms with van der Waals surface area (Å²) in [6, 6.07) is 7.03. The number of nitrogens with one attached hydrogen (secondary N) is 2. The van der Waals surface area contributed by atoms with Gasteiger partial charge in [-0.05, 0) is 23.8 Å². The summed E-state index contributed by atoms with van der Waals surface area (Å²) < 4.78 is 5.30. The number of carbonyl (C=O) groups excluding carboxylic acids is 1. The van der Waals surface area contributed by atoms with E-state index in [1.807, 2.05) is 0 Å². The van der Waals surface area contributed by atoms with Gasteiger partial charge < -0.3 is 20.5 Å². The van der Waals surface area contributed by atoms with Crippen LogP contribution in [0.3, 0.4) is 0 Å². The molecule has 1 amide bonds. The van der Waals surface area contributed by atoms with Crippen molar-refractivity contribution in [1.82, 2.24) is 5.32 Å². The lowest BCUT2D eigenvalue weighted by atomic mass is 10.1. The fourth-order valence-electron chi connectivity index (χ4n) is 2.03. The Bertz CT molecular complexity index is 519. The van der Waals surface area contributed by atoms with Gasteiger partial charge in [-0.15, -0.1) is 0 Å². The van der Waals surface area contributed by atoms with Crippen molar-refractivity contribution >= 4 is 23.6 Å². The van der Waals surface area contributed by atoms with Gasteiger partial charge in [-0.1, -0.05) is 12.1 Å². The molecule has 0 saturated carbocycles. The zero-order valence-electron chi connectivity index (χ0n) is 11.5. The first-order valence-electron chi connectivity index (χ1n) is 6.75. The molecule has 2 rings (SSSR count). The number of rotatable bonds is 5. The number of carboxylic acids is 1. The third-order valence-corrected chi connectivity index (χ3v) is 3.04. The van der Waals surface area contributed by atoms with Gasteiger partial charge >= 0.3 is 5.97 Å². The monoisotopic (exact) mass is 290 g/mol. The fraction of sp³-hybridized carbons (Fsp3) is 0.333. The molecule has 0 bridgehead atoms. The first-order valence-corrected chi connectivity index (χ1v) is 6.75. The molecule has 21 heavy (non-hydrogen) atoms. The van der Waals surface area contributed by atoms with Crippen molar-refractivity contribution in [3.63, 3.8) is 0 Å². The van der Waals surface area contributed by atoms with E-state index in [0.717, 1.165) is 18.2 Å². The van der Waals surface area contributed by atoms with Crippen LogP contribution in [0.2, 0.25) is 0 Å². The van der Waals surface area contributed by atoms with Crippen LogP contribution in [0.5, 0.6) is 0 Å². The van der Waals surface area contributed by atoms with Crippen molar-refractivity contribution in [3.05, 3.63) is 35.9 Å². The van der Waals surface area contributed by atoms with Crippen LogP contribution in [0.15, 0.2) is 30.3 Å². The highest BCUT2D eigenvalue weighted by Crippen LogP contribution is 2.12. The molecular formula is C15H18N2O4. The van der Waals surface area contributed by atoms with Gasteiger partial charge in [0.05, 0.1) is 13.2 Å². The SMILES string of the molecule is O=C(O)/C=C/c1ccc(NC(=O)CC2COCCN2)cc1. The van der Waals surface area contributed by atoms with Crippen LogP contribution in [0.4, 0.5) is 5.69 Å². The lowest BCUT2D eigenvalue weighted by Crippen LogP contribution is -2.43. The molecule has 112 valence electrons. The number of ether oxygens (including phenoxy) is 1.